The number of carbonyl (C=O) groups excluding carboxylic acids is 2. The summed E-state index contributed by atoms with van der Waals surface area (Å²) >= 11 is 5.96. The van der Waals surface area contributed by atoms with Crippen molar-refractivity contribution >= 4 is 34.8 Å². The van der Waals surface area contributed by atoms with Gasteiger partial charge in [0.15, 0.2) is 0 Å². The van der Waals surface area contributed by atoms with Crippen LogP contribution in [0.4, 0.5) is 11.4 Å². The first-order valence-electron chi connectivity index (χ1n) is 10.4. The van der Waals surface area contributed by atoms with Gasteiger partial charge in [-0.2, -0.15) is 0 Å². The Morgan fingerprint density at radius 3 is 2.12 bits per heavy atom. The molecule has 0 spiro atoms. The Kier molecular flexibility index (Phi) is 3.76. The highest BCUT2D eigenvalue weighted by molar-refractivity contribution is 6.33. The van der Waals surface area contributed by atoms with Crippen molar-refractivity contribution in [1.82, 2.24) is 0 Å². The molecule has 1 heterocycles. The highest BCUT2D eigenvalue weighted by Crippen LogP contribution is 2.64. The summed E-state index contributed by atoms with van der Waals surface area (Å²) in [5, 5.41) is 11.4. The summed E-state index contributed by atoms with van der Waals surface area (Å²) in [5.41, 5.74) is 3.44. The third kappa shape index (κ3) is 2.15. The van der Waals surface area contributed by atoms with E-state index in [1.54, 1.807) is 0 Å². The summed E-state index contributed by atoms with van der Waals surface area (Å²) in [6.45, 7) is 2.04. The smallest absolute Gasteiger partial charge is 0.274 e. The number of nitrogens with zero attached hydrogens (tertiary/aromatic N) is 2. The number of nitro benzene ring substituents is 1. The van der Waals surface area contributed by atoms with Gasteiger partial charge < -0.3 is 0 Å². The van der Waals surface area contributed by atoms with Gasteiger partial charge in [0.2, 0.25) is 11.8 Å². The first kappa shape index (κ1) is 19.2. The number of rotatable bonds is 2. The van der Waals surface area contributed by atoms with E-state index >= 15 is 0 Å². The molecule has 4 aliphatic rings. The zero-order valence-corrected chi connectivity index (χ0v) is 17.7. The molecule has 3 aromatic carbocycles. The van der Waals surface area contributed by atoms with Crippen molar-refractivity contribution in [1.29, 1.82) is 0 Å². The van der Waals surface area contributed by atoms with Gasteiger partial charge in [-0.25, -0.2) is 4.90 Å². The van der Waals surface area contributed by atoms with Gasteiger partial charge in [0.1, 0.15) is 5.02 Å². The first-order chi connectivity index (χ1) is 15.4. The van der Waals surface area contributed by atoms with Crippen LogP contribution in [0.2, 0.25) is 5.02 Å². The van der Waals surface area contributed by atoms with E-state index in [2.05, 4.69) is 0 Å². The zero-order valence-electron chi connectivity index (χ0n) is 17.0. The Morgan fingerprint density at radius 2 is 1.53 bits per heavy atom. The minimum absolute atomic E-state index is 0.0397. The van der Waals surface area contributed by atoms with Gasteiger partial charge in [0.25, 0.3) is 5.69 Å². The number of benzene rings is 3. The fourth-order valence-corrected chi connectivity index (χ4v) is 6.37. The molecule has 7 heteroatoms. The fourth-order valence-electron chi connectivity index (χ4n) is 6.19. The molecular weight excluding hydrogens is 428 g/mol. The van der Waals surface area contributed by atoms with Gasteiger partial charge >= 0.3 is 0 Å². The van der Waals surface area contributed by atoms with Crippen molar-refractivity contribution in [3.05, 3.63) is 104 Å². The van der Waals surface area contributed by atoms with Crippen LogP contribution in [0.15, 0.2) is 66.7 Å². The SMILES string of the molecule is CC12c3ccccc3C(c3ccccc31)[C@@H]1C(=O)N(c3ccc(Cl)c([N+](=O)[O-])c3)C(=O)[C@H]12. The Morgan fingerprint density at radius 1 is 0.938 bits per heavy atom. The second-order valence-electron chi connectivity index (χ2n) is 8.76. The van der Waals surface area contributed by atoms with Crippen molar-refractivity contribution in [2.75, 3.05) is 4.90 Å². The molecule has 32 heavy (non-hydrogen) atoms. The highest BCUT2D eigenvalue weighted by Gasteiger charge is 2.66. The Bertz CT molecular complexity index is 1320. The maximum absolute atomic E-state index is 13.8. The van der Waals surface area contributed by atoms with Gasteiger partial charge in [-0.15, -0.1) is 0 Å². The largest absolute Gasteiger partial charge is 0.289 e. The van der Waals surface area contributed by atoms with E-state index < -0.39 is 22.2 Å². The average Bonchev–Trinajstić information content (AvgIpc) is 3.06. The molecule has 7 rings (SSSR count). The summed E-state index contributed by atoms with van der Waals surface area (Å²) < 4.78 is 0. The molecule has 0 saturated carbocycles. The summed E-state index contributed by atoms with van der Waals surface area (Å²) in [7, 11) is 0. The summed E-state index contributed by atoms with van der Waals surface area (Å²) in [5.74, 6) is -2.03. The van der Waals surface area contributed by atoms with Gasteiger partial charge in [-0.1, -0.05) is 67.1 Å². The van der Waals surface area contributed by atoms with Gasteiger partial charge in [0, 0.05) is 17.4 Å². The predicted octanol–water partition coefficient (Wildman–Crippen LogP) is 4.82. The van der Waals surface area contributed by atoms with Crippen LogP contribution >= 0.6 is 11.6 Å². The van der Waals surface area contributed by atoms with E-state index in [9.17, 15) is 19.7 Å². The molecule has 1 saturated heterocycles. The third-order valence-electron chi connectivity index (χ3n) is 7.43. The number of halogens is 1. The number of hydrogen-bond donors (Lipinski definition) is 0. The average molecular weight is 445 g/mol. The van der Waals surface area contributed by atoms with Crippen LogP contribution in [0.1, 0.15) is 35.1 Å². The quantitative estimate of drug-likeness (QED) is 0.322. The van der Waals surface area contributed by atoms with Gasteiger partial charge in [-0.05, 0) is 34.4 Å². The molecule has 0 unspecified atom stereocenters. The molecule has 2 bridgehead atoms. The molecule has 0 radical (unpaired) electrons. The van der Waals surface area contributed by atoms with Crippen LogP contribution in [0.3, 0.4) is 0 Å². The third-order valence-corrected chi connectivity index (χ3v) is 7.75. The van der Waals surface area contributed by atoms with E-state index in [1.165, 1.54) is 18.2 Å². The molecule has 158 valence electrons. The Hall–Kier alpha value is -3.51. The lowest BCUT2D eigenvalue weighted by Gasteiger charge is -2.52. The molecular formula is C25H17ClN2O4. The standard InChI is InChI=1S/C25H17ClN2O4/c1-25-16-8-4-2-6-14(16)20(15-7-3-5-9-17(15)25)21-22(25)24(30)27(23(21)29)13-10-11-18(26)19(12-13)28(31)32/h2-12,20-22H,1H3/t20?,21-,22-,25?/m0/s1. The van der Waals surface area contributed by atoms with Crippen LogP contribution in [-0.2, 0) is 15.0 Å². The van der Waals surface area contributed by atoms with Crippen LogP contribution in [0.25, 0.3) is 0 Å². The number of imide groups is 1. The van der Waals surface area contributed by atoms with E-state index in [0.717, 1.165) is 27.2 Å². The van der Waals surface area contributed by atoms with Crippen LogP contribution in [0.5, 0.6) is 0 Å². The van der Waals surface area contributed by atoms with Crippen molar-refractivity contribution in [2.45, 2.75) is 18.3 Å². The fraction of sp³-hybridized carbons (Fsp3) is 0.200. The number of amides is 2. The normalized spacial score (nSPS) is 27.2. The van der Waals surface area contributed by atoms with Crippen molar-refractivity contribution in [3.63, 3.8) is 0 Å². The van der Waals surface area contributed by atoms with E-state index in [4.69, 9.17) is 11.6 Å². The van der Waals surface area contributed by atoms with Crippen molar-refractivity contribution in [3.8, 4) is 0 Å². The minimum atomic E-state index is -0.674. The van der Waals surface area contributed by atoms with Crippen molar-refractivity contribution < 1.29 is 14.5 Å². The lowest BCUT2D eigenvalue weighted by molar-refractivity contribution is -0.384. The maximum atomic E-state index is 13.8. The van der Waals surface area contributed by atoms with E-state index in [-0.39, 0.29) is 34.1 Å². The Labute approximate surface area is 188 Å². The van der Waals surface area contributed by atoms with E-state index in [0.29, 0.717) is 0 Å². The van der Waals surface area contributed by atoms with Gasteiger partial charge in [-0.3, -0.25) is 19.7 Å². The lowest BCUT2D eigenvalue weighted by Crippen LogP contribution is -2.51. The first-order valence-corrected chi connectivity index (χ1v) is 10.7. The lowest BCUT2D eigenvalue weighted by atomic mass is 9.48. The number of hydrogen-bond acceptors (Lipinski definition) is 4. The second kappa shape index (κ2) is 6.26. The number of nitro groups is 1. The summed E-state index contributed by atoms with van der Waals surface area (Å²) in [6.07, 6.45) is 0. The Balaban J connectivity index is 1.58. The maximum Gasteiger partial charge on any atom is 0.289 e. The molecule has 1 fully saturated rings. The molecule has 1 aliphatic heterocycles. The molecule has 0 aromatic heterocycles. The zero-order chi connectivity index (χ0) is 22.4. The minimum Gasteiger partial charge on any atom is -0.274 e. The van der Waals surface area contributed by atoms with Crippen LogP contribution < -0.4 is 4.90 Å². The molecule has 3 aromatic rings. The summed E-state index contributed by atoms with van der Waals surface area (Å²) in [6, 6.07) is 20.1. The molecule has 3 aliphatic carbocycles. The predicted molar refractivity (Wildman–Crippen MR) is 119 cm³/mol. The van der Waals surface area contributed by atoms with Gasteiger partial charge in [0.05, 0.1) is 22.4 Å². The molecule has 6 nitrogen and oxygen atoms in total. The molecule has 2 amide bonds. The van der Waals surface area contributed by atoms with Crippen LogP contribution in [-0.4, -0.2) is 16.7 Å². The topological polar surface area (TPSA) is 80.5 Å². The molecule has 2 atom stereocenters. The van der Waals surface area contributed by atoms with E-state index in [1.807, 2.05) is 55.5 Å². The van der Waals surface area contributed by atoms with Crippen LogP contribution in [0, 0.1) is 22.0 Å². The van der Waals surface area contributed by atoms with Crippen molar-refractivity contribution in [2.24, 2.45) is 11.8 Å². The monoisotopic (exact) mass is 444 g/mol. The number of anilines is 1. The highest BCUT2D eigenvalue weighted by atomic mass is 35.5. The summed E-state index contributed by atoms with van der Waals surface area (Å²) in [4.78, 5) is 39.5. The second-order valence-corrected chi connectivity index (χ2v) is 9.17. The molecule has 0 N–H and O–H groups in total. The number of carbonyl (C=O) groups is 2.